The van der Waals surface area contributed by atoms with Gasteiger partial charge in [-0.2, -0.15) is 5.26 Å². The van der Waals surface area contributed by atoms with E-state index in [2.05, 4.69) is 11.4 Å². The SMILES string of the molecule is CCOC(=O)C1=C(C)N(CCOC)C(=O)N[C@H]1c1cccc(C#N)c1. The molecule has 0 aromatic heterocycles. The first-order chi connectivity index (χ1) is 12.0. The second kappa shape index (κ2) is 8.31. The van der Waals surface area contributed by atoms with Crippen LogP contribution in [0.4, 0.5) is 4.79 Å². The monoisotopic (exact) mass is 343 g/mol. The summed E-state index contributed by atoms with van der Waals surface area (Å²) in [5.41, 5.74) is 1.98. The van der Waals surface area contributed by atoms with Gasteiger partial charge in [0.05, 0.1) is 43.0 Å². The number of esters is 1. The number of nitriles is 1. The lowest BCUT2D eigenvalue weighted by molar-refractivity contribution is -0.139. The first-order valence-corrected chi connectivity index (χ1v) is 7.98. The summed E-state index contributed by atoms with van der Waals surface area (Å²) in [6.45, 7) is 4.33. The van der Waals surface area contributed by atoms with Gasteiger partial charge in [-0.15, -0.1) is 0 Å². The molecule has 0 fully saturated rings. The molecule has 0 aliphatic carbocycles. The lowest BCUT2D eigenvalue weighted by atomic mass is 9.94. The summed E-state index contributed by atoms with van der Waals surface area (Å²) in [6.07, 6.45) is 0. The second-order valence-electron chi connectivity index (χ2n) is 5.48. The van der Waals surface area contributed by atoms with Gasteiger partial charge in [0.2, 0.25) is 0 Å². The average Bonchev–Trinajstić information content (AvgIpc) is 2.61. The van der Waals surface area contributed by atoms with Crippen LogP contribution < -0.4 is 5.32 Å². The number of allylic oxidation sites excluding steroid dienone is 1. The Morgan fingerprint density at radius 3 is 2.84 bits per heavy atom. The number of amides is 2. The van der Waals surface area contributed by atoms with Gasteiger partial charge < -0.3 is 14.8 Å². The molecular weight excluding hydrogens is 322 g/mol. The smallest absolute Gasteiger partial charge is 0.338 e. The van der Waals surface area contributed by atoms with E-state index in [-0.39, 0.29) is 12.6 Å². The highest BCUT2D eigenvalue weighted by atomic mass is 16.5. The van der Waals surface area contributed by atoms with E-state index in [9.17, 15) is 9.59 Å². The zero-order valence-corrected chi connectivity index (χ0v) is 14.5. The number of ether oxygens (including phenoxy) is 2. The number of rotatable bonds is 6. The zero-order chi connectivity index (χ0) is 18.4. The quantitative estimate of drug-likeness (QED) is 0.799. The first kappa shape index (κ1) is 18.5. The van der Waals surface area contributed by atoms with Crippen molar-refractivity contribution in [1.82, 2.24) is 10.2 Å². The molecular formula is C18H21N3O4. The van der Waals surface area contributed by atoms with Gasteiger partial charge >= 0.3 is 12.0 Å². The number of urea groups is 1. The number of carbonyl (C=O) groups excluding carboxylic acids is 2. The van der Waals surface area contributed by atoms with E-state index >= 15 is 0 Å². The Bertz CT molecular complexity index is 736. The highest BCUT2D eigenvalue weighted by molar-refractivity contribution is 5.95. The van der Waals surface area contributed by atoms with Crippen LogP contribution in [-0.2, 0) is 14.3 Å². The molecule has 0 spiro atoms. The largest absolute Gasteiger partial charge is 0.463 e. The van der Waals surface area contributed by atoms with Crippen molar-refractivity contribution >= 4 is 12.0 Å². The Morgan fingerprint density at radius 2 is 2.20 bits per heavy atom. The third-order valence-corrected chi connectivity index (χ3v) is 3.96. The van der Waals surface area contributed by atoms with E-state index in [1.807, 2.05) is 0 Å². The molecule has 2 rings (SSSR count). The predicted molar refractivity (Wildman–Crippen MR) is 90.3 cm³/mol. The minimum atomic E-state index is -0.668. The molecule has 1 heterocycles. The number of benzene rings is 1. The predicted octanol–water partition coefficient (Wildman–Crippen LogP) is 2.11. The van der Waals surface area contributed by atoms with Gasteiger partial charge in [0.1, 0.15) is 0 Å². The van der Waals surface area contributed by atoms with Gasteiger partial charge in [-0.25, -0.2) is 9.59 Å². The summed E-state index contributed by atoms with van der Waals surface area (Å²) in [6, 6.07) is 7.88. The second-order valence-corrected chi connectivity index (χ2v) is 5.48. The normalized spacial score (nSPS) is 17.1. The molecule has 0 unspecified atom stereocenters. The van der Waals surface area contributed by atoms with Gasteiger partial charge in [-0.1, -0.05) is 12.1 Å². The third kappa shape index (κ3) is 3.98. The van der Waals surface area contributed by atoms with E-state index in [1.54, 1.807) is 45.2 Å². The maximum atomic E-state index is 12.5. The Balaban J connectivity index is 2.50. The summed E-state index contributed by atoms with van der Waals surface area (Å²) in [4.78, 5) is 26.5. The van der Waals surface area contributed by atoms with Gasteiger partial charge in [-0.3, -0.25) is 4.90 Å². The van der Waals surface area contributed by atoms with E-state index < -0.39 is 12.0 Å². The van der Waals surface area contributed by atoms with Crippen LogP contribution in [0.25, 0.3) is 0 Å². The van der Waals surface area contributed by atoms with E-state index in [1.165, 1.54) is 4.90 Å². The molecule has 0 saturated carbocycles. The standard InChI is InChI=1S/C18H21N3O4/c1-4-25-17(22)15-12(2)21(8-9-24-3)18(23)20-16(15)14-7-5-6-13(10-14)11-19/h5-7,10,16H,4,8-9H2,1-3H3,(H,20,23)/t16-/m0/s1. The summed E-state index contributed by atoms with van der Waals surface area (Å²) in [5.74, 6) is -0.491. The van der Waals surface area contributed by atoms with Crippen LogP contribution in [0.2, 0.25) is 0 Å². The van der Waals surface area contributed by atoms with Gasteiger partial charge in [0, 0.05) is 12.8 Å². The van der Waals surface area contributed by atoms with Crippen LogP contribution in [0.1, 0.15) is 31.0 Å². The Morgan fingerprint density at radius 1 is 1.44 bits per heavy atom. The number of methoxy groups -OCH3 is 1. The fourth-order valence-electron chi connectivity index (χ4n) is 2.74. The van der Waals surface area contributed by atoms with Crippen LogP contribution in [0.15, 0.2) is 35.5 Å². The van der Waals surface area contributed by atoms with Crippen LogP contribution in [-0.4, -0.2) is 43.8 Å². The number of hydrogen-bond donors (Lipinski definition) is 1. The van der Waals surface area contributed by atoms with E-state index in [0.29, 0.717) is 35.5 Å². The number of nitrogens with one attached hydrogen (secondary N) is 1. The van der Waals surface area contributed by atoms with Crippen molar-refractivity contribution in [2.75, 3.05) is 26.9 Å². The van der Waals surface area contributed by atoms with Gasteiger partial charge in [-0.05, 0) is 31.5 Å². The fourth-order valence-corrected chi connectivity index (χ4v) is 2.74. The molecule has 2 amide bonds. The molecule has 7 nitrogen and oxygen atoms in total. The molecule has 1 N–H and O–H groups in total. The molecule has 7 heteroatoms. The maximum Gasteiger partial charge on any atom is 0.338 e. The highest BCUT2D eigenvalue weighted by Gasteiger charge is 2.36. The minimum absolute atomic E-state index is 0.229. The molecule has 0 radical (unpaired) electrons. The molecule has 1 aliphatic heterocycles. The van der Waals surface area contributed by atoms with Crippen LogP contribution in [0.3, 0.4) is 0 Å². The van der Waals surface area contributed by atoms with Crippen molar-refractivity contribution in [3.8, 4) is 6.07 Å². The average molecular weight is 343 g/mol. The minimum Gasteiger partial charge on any atom is -0.463 e. The van der Waals surface area contributed by atoms with E-state index in [0.717, 1.165) is 0 Å². The van der Waals surface area contributed by atoms with Crippen molar-refractivity contribution in [3.05, 3.63) is 46.7 Å². The lowest BCUT2D eigenvalue weighted by Gasteiger charge is -2.35. The number of carbonyl (C=O) groups is 2. The van der Waals surface area contributed by atoms with Gasteiger partial charge in [0.15, 0.2) is 0 Å². The molecule has 1 aromatic carbocycles. The number of hydrogen-bond acceptors (Lipinski definition) is 5. The Kier molecular flexibility index (Phi) is 6.14. The Hall–Kier alpha value is -2.85. The van der Waals surface area contributed by atoms with Crippen molar-refractivity contribution < 1.29 is 19.1 Å². The fraction of sp³-hybridized carbons (Fsp3) is 0.389. The van der Waals surface area contributed by atoms with Crippen LogP contribution in [0, 0.1) is 11.3 Å². The van der Waals surface area contributed by atoms with Crippen molar-refractivity contribution in [1.29, 1.82) is 5.26 Å². The van der Waals surface area contributed by atoms with Crippen LogP contribution >= 0.6 is 0 Å². The number of nitrogens with zero attached hydrogens (tertiary/aromatic N) is 2. The molecule has 1 aliphatic rings. The molecule has 132 valence electrons. The lowest BCUT2D eigenvalue weighted by Crippen LogP contribution is -2.49. The molecule has 1 aromatic rings. The van der Waals surface area contributed by atoms with Crippen LogP contribution in [0.5, 0.6) is 0 Å². The topological polar surface area (TPSA) is 91.7 Å². The highest BCUT2D eigenvalue weighted by Crippen LogP contribution is 2.31. The zero-order valence-electron chi connectivity index (χ0n) is 14.5. The summed E-state index contributed by atoms with van der Waals surface area (Å²) in [5, 5.41) is 11.9. The molecule has 0 saturated heterocycles. The summed E-state index contributed by atoms with van der Waals surface area (Å²) < 4.78 is 10.2. The Labute approximate surface area is 146 Å². The van der Waals surface area contributed by atoms with Gasteiger partial charge in [0.25, 0.3) is 0 Å². The molecule has 1 atom stereocenters. The molecule has 0 bridgehead atoms. The van der Waals surface area contributed by atoms with E-state index in [4.69, 9.17) is 14.7 Å². The van der Waals surface area contributed by atoms with Crippen molar-refractivity contribution in [2.24, 2.45) is 0 Å². The van der Waals surface area contributed by atoms with Crippen molar-refractivity contribution in [2.45, 2.75) is 19.9 Å². The molecule has 25 heavy (non-hydrogen) atoms. The van der Waals surface area contributed by atoms with Crippen molar-refractivity contribution in [3.63, 3.8) is 0 Å². The maximum absolute atomic E-state index is 12.5. The first-order valence-electron chi connectivity index (χ1n) is 7.98. The summed E-state index contributed by atoms with van der Waals surface area (Å²) >= 11 is 0. The summed E-state index contributed by atoms with van der Waals surface area (Å²) in [7, 11) is 1.54. The third-order valence-electron chi connectivity index (χ3n) is 3.96.